The van der Waals surface area contributed by atoms with E-state index >= 15 is 0 Å². The number of guanidine groups is 1. The first kappa shape index (κ1) is 21.8. The molecule has 0 bridgehead atoms. The SMILES string of the molecule is N#CNC(=NCCCc1ccccc1)N1CC(N2CCCC2=O)C(c2ccc(Cl)cc2)=N1. The molecule has 1 saturated heterocycles. The summed E-state index contributed by atoms with van der Waals surface area (Å²) in [4.78, 5) is 19.0. The standard InChI is InChI=1S/C24H25ClN6O/c25-20-12-10-19(11-13-20)23-21(30-15-5-9-22(30)32)16-31(29-23)24(28-17-26)27-14-4-8-18-6-2-1-3-7-18/h1-3,6-7,10-13,21H,4-5,8-9,14-16H2,(H,27,28). The van der Waals surface area contributed by atoms with Gasteiger partial charge in [-0.05, 0) is 37.0 Å². The summed E-state index contributed by atoms with van der Waals surface area (Å²) in [5.41, 5.74) is 2.95. The number of hydrazone groups is 1. The van der Waals surface area contributed by atoms with Gasteiger partial charge in [0.1, 0.15) is 0 Å². The molecule has 8 heteroatoms. The van der Waals surface area contributed by atoms with E-state index < -0.39 is 0 Å². The van der Waals surface area contributed by atoms with Crippen molar-refractivity contribution in [3.63, 3.8) is 0 Å². The van der Waals surface area contributed by atoms with Crippen molar-refractivity contribution in [2.75, 3.05) is 19.6 Å². The molecule has 4 rings (SSSR count). The van der Waals surface area contributed by atoms with Crippen molar-refractivity contribution >= 4 is 29.2 Å². The summed E-state index contributed by atoms with van der Waals surface area (Å²) in [6.07, 6.45) is 5.14. The van der Waals surface area contributed by atoms with Gasteiger partial charge in [0.25, 0.3) is 0 Å². The van der Waals surface area contributed by atoms with Gasteiger partial charge in [-0.25, -0.2) is 5.01 Å². The van der Waals surface area contributed by atoms with Crippen LogP contribution in [-0.4, -0.2) is 53.2 Å². The van der Waals surface area contributed by atoms with Crippen LogP contribution in [0.2, 0.25) is 5.02 Å². The molecule has 1 amide bonds. The lowest BCUT2D eigenvalue weighted by Gasteiger charge is -2.25. The molecular formula is C24H25ClN6O. The number of likely N-dealkylation sites (tertiary alicyclic amines) is 1. The highest BCUT2D eigenvalue weighted by atomic mass is 35.5. The third-order valence-corrected chi connectivity index (χ3v) is 5.91. The Kier molecular flexibility index (Phi) is 7.03. The second kappa shape index (κ2) is 10.3. The van der Waals surface area contributed by atoms with Gasteiger partial charge in [0.15, 0.2) is 6.19 Å². The van der Waals surface area contributed by atoms with Crippen LogP contribution in [0.15, 0.2) is 64.7 Å². The van der Waals surface area contributed by atoms with Crippen molar-refractivity contribution in [2.24, 2.45) is 10.1 Å². The van der Waals surface area contributed by atoms with Gasteiger partial charge in [-0.3, -0.25) is 15.1 Å². The molecule has 1 unspecified atom stereocenters. The molecule has 2 aromatic rings. The minimum atomic E-state index is -0.193. The monoisotopic (exact) mass is 448 g/mol. The maximum absolute atomic E-state index is 12.5. The van der Waals surface area contributed by atoms with Crippen LogP contribution in [0.25, 0.3) is 0 Å². The third-order valence-electron chi connectivity index (χ3n) is 5.66. The molecule has 164 valence electrons. The fourth-order valence-corrected chi connectivity index (χ4v) is 4.21. The van der Waals surface area contributed by atoms with Crippen LogP contribution < -0.4 is 5.32 Å². The lowest BCUT2D eigenvalue weighted by molar-refractivity contribution is -0.128. The van der Waals surface area contributed by atoms with Crippen molar-refractivity contribution in [3.8, 4) is 6.19 Å². The highest BCUT2D eigenvalue weighted by Gasteiger charge is 2.38. The van der Waals surface area contributed by atoms with Gasteiger partial charge in [0.2, 0.25) is 11.9 Å². The van der Waals surface area contributed by atoms with Crippen LogP contribution in [0, 0.1) is 11.5 Å². The molecule has 0 spiro atoms. The summed E-state index contributed by atoms with van der Waals surface area (Å²) >= 11 is 6.06. The molecule has 7 nitrogen and oxygen atoms in total. The molecule has 0 radical (unpaired) electrons. The maximum atomic E-state index is 12.5. The van der Waals surface area contributed by atoms with Gasteiger partial charge >= 0.3 is 0 Å². The van der Waals surface area contributed by atoms with E-state index in [1.807, 2.05) is 53.6 Å². The topological polar surface area (TPSA) is 84.1 Å². The van der Waals surface area contributed by atoms with Crippen molar-refractivity contribution in [2.45, 2.75) is 31.7 Å². The van der Waals surface area contributed by atoms with Gasteiger partial charge in [-0.2, -0.15) is 10.4 Å². The maximum Gasteiger partial charge on any atom is 0.228 e. The van der Waals surface area contributed by atoms with Crippen LogP contribution >= 0.6 is 11.6 Å². The number of carbonyl (C=O) groups excluding carboxylic acids is 1. The zero-order valence-electron chi connectivity index (χ0n) is 17.7. The molecule has 2 heterocycles. The molecule has 1 fully saturated rings. The predicted octanol–water partition coefficient (Wildman–Crippen LogP) is 3.41. The Morgan fingerprint density at radius 2 is 2.00 bits per heavy atom. The van der Waals surface area contributed by atoms with E-state index in [1.165, 1.54) is 5.56 Å². The van der Waals surface area contributed by atoms with E-state index in [0.29, 0.717) is 37.0 Å². The summed E-state index contributed by atoms with van der Waals surface area (Å²) in [5.74, 6) is 0.536. The number of aliphatic imine (C=N–C) groups is 1. The molecule has 2 aromatic carbocycles. The van der Waals surface area contributed by atoms with Crippen molar-refractivity contribution in [1.82, 2.24) is 15.2 Å². The van der Waals surface area contributed by atoms with Crippen LogP contribution in [0.1, 0.15) is 30.4 Å². The second-order valence-corrected chi connectivity index (χ2v) is 8.25. The number of aryl methyl sites for hydroxylation is 1. The third kappa shape index (κ3) is 5.09. The number of benzene rings is 2. The Labute approximate surface area is 193 Å². The average Bonchev–Trinajstić information content (AvgIpc) is 3.43. The molecule has 1 atom stereocenters. The fraction of sp³-hybridized carbons (Fsp3) is 0.333. The second-order valence-electron chi connectivity index (χ2n) is 7.81. The lowest BCUT2D eigenvalue weighted by Crippen LogP contribution is -2.45. The van der Waals surface area contributed by atoms with Crippen molar-refractivity contribution < 1.29 is 4.79 Å². The number of nitriles is 1. The van der Waals surface area contributed by atoms with E-state index in [2.05, 4.69) is 22.4 Å². The summed E-state index contributed by atoms with van der Waals surface area (Å²) in [5, 5.41) is 19.1. The molecule has 32 heavy (non-hydrogen) atoms. The van der Waals surface area contributed by atoms with Crippen molar-refractivity contribution in [1.29, 1.82) is 5.26 Å². The smallest absolute Gasteiger partial charge is 0.228 e. The molecule has 0 aliphatic carbocycles. The van der Waals surface area contributed by atoms with Gasteiger partial charge < -0.3 is 4.90 Å². The van der Waals surface area contributed by atoms with Gasteiger partial charge in [-0.15, -0.1) is 0 Å². The van der Waals surface area contributed by atoms with E-state index in [1.54, 1.807) is 5.01 Å². The Bertz CT molecular complexity index is 1040. The van der Waals surface area contributed by atoms with Crippen molar-refractivity contribution in [3.05, 3.63) is 70.7 Å². The molecule has 2 aliphatic rings. The fourth-order valence-electron chi connectivity index (χ4n) is 4.09. The minimum absolute atomic E-state index is 0.133. The Morgan fingerprint density at radius 3 is 2.69 bits per heavy atom. The highest BCUT2D eigenvalue weighted by Crippen LogP contribution is 2.24. The number of halogens is 1. The van der Waals surface area contributed by atoms with Crippen LogP contribution in [0.5, 0.6) is 0 Å². The van der Waals surface area contributed by atoms with Gasteiger partial charge in [0.05, 0.1) is 18.3 Å². The number of nitrogens with one attached hydrogen (secondary N) is 1. The first-order valence-corrected chi connectivity index (χ1v) is 11.2. The zero-order valence-corrected chi connectivity index (χ0v) is 18.5. The minimum Gasteiger partial charge on any atom is -0.332 e. The first-order chi connectivity index (χ1) is 15.7. The van der Waals surface area contributed by atoms with E-state index in [0.717, 1.165) is 30.5 Å². The van der Waals surface area contributed by atoms with E-state index in [-0.39, 0.29) is 11.9 Å². The normalized spacial score (nSPS) is 18.6. The Hall–Kier alpha value is -3.37. The largest absolute Gasteiger partial charge is 0.332 e. The molecular weight excluding hydrogens is 424 g/mol. The van der Waals surface area contributed by atoms with Crippen LogP contribution in [0.4, 0.5) is 0 Å². The van der Waals surface area contributed by atoms with E-state index in [9.17, 15) is 10.1 Å². The highest BCUT2D eigenvalue weighted by molar-refractivity contribution is 6.30. The summed E-state index contributed by atoms with van der Waals surface area (Å²) in [7, 11) is 0. The number of carbonyl (C=O) groups is 1. The van der Waals surface area contributed by atoms with Gasteiger partial charge in [0, 0.05) is 30.1 Å². The summed E-state index contributed by atoms with van der Waals surface area (Å²) < 4.78 is 0. The number of amides is 1. The molecule has 1 N–H and O–H groups in total. The Balaban J connectivity index is 1.53. The first-order valence-electron chi connectivity index (χ1n) is 10.8. The summed E-state index contributed by atoms with van der Waals surface area (Å²) in [6.45, 7) is 1.73. The zero-order chi connectivity index (χ0) is 22.3. The predicted molar refractivity (Wildman–Crippen MR) is 125 cm³/mol. The van der Waals surface area contributed by atoms with Crippen LogP contribution in [-0.2, 0) is 11.2 Å². The molecule has 0 saturated carbocycles. The number of hydrogen-bond donors (Lipinski definition) is 1. The van der Waals surface area contributed by atoms with Crippen LogP contribution in [0.3, 0.4) is 0 Å². The number of rotatable bonds is 6. The number of nitrogens with zero attached hydrogens (tertiary/aromatic N) is 5. The number of hydrogen-bond acceptors (Lipinski definition) is 4. The van der Waals surface area contributed by atoms with E-state index in [4.69, 9.17) is 16.7 Å². The van der Waals surface area contributed by atoms with Gasteiger partial charge in [-0.1, -0.05) is 54.1 Å². The molecule has 0 aromatic heterocycles. The quantitative estimate of drug-likeness (QED) is 0.241. The molecule has 2 aliphatic heterocycles. The Morgan fingerprint density at radius 1 is 1.22 bits per heavy atom. The average molecular weight is 449 g/mol. The summed E-state index contributed by atoms with van der Waals surface area (Å²) in [6, 6.07) is 17.5. The lowest BCUT2D eigenvalue weighted by atomic mass is 10.0.